The van der Waals surface area contributed by atoms with E-state index in [2.05, 4.69) is 36.5 Å². The minimum atomic E-state index is 0.136. The van der Waals surface area contributed by atoms with Gasteiger partial charge >= 0.3 is 0 Å². The number of benzene rings is 1. The Labute approximate surface area is 92.9 Å². The van der Waals surface area contributed by atoms with Crippen LogP contribution in [0.25, 0.3) is 0 Å². The summed E-state index contributed by atoms with van der Waals surface area (Å²) in [6.07, 6.45) is 4.96. The summed E-state index contributed by atoms with van der Waals surface area (Å²) in [6, 6.07) is 10.4. The normalized spacial score (nSPS) is 12.7. The number of nitrogens with two attached hydrogens (primary N) is 1. The lowest BCUT2D eigenvalue weighted by molar-refractivity contribution is 0.470. The molecular weight excluding hydrogens is 184 g/mol. The standard InChI is InChI=1S/C13H22N2/c1-2-3-5-10-13(14)15-11-12-8-6-4-7-9-12/h4,6-9,13,15H,2-3,5,10-11,14H2,1H3. The highest BCUT2D eigenvalue weighted by Gasteiger charge is 2.00. The lowest BCUT2D eigenvalue weighted by Crippen LogP contribution is -2.36. The Kier molecular flexibility index (Phi) is 6.05. The molecule has 1 atom stereocenters. The molecular formula is C13H22N2. The molecule has 1 rings (SSSR count). The molecule has 1 aromatic carbocycles. The fourth-order valence-corrected chi connectivity index (χ4v) is 1.56. The molecule has 0 saturated carbocycles. The third-order valence-corrected chi connectivity index (χ3v) is 2.53. The number of unbranched alkanes of at least 4 members (excludes halogenated alkanes) is 2. The molecule has 0 fully saturated rings. The number of hydrogen-bond donors (Lipinski definition) is 2. The van der Waals surface area contributed by atoms with Gasteiger partial charge in [0.2, 0.25) is 0 Å². The lowest BCUT2D eigenvalue weighted by Gasteiger charge is -2.13. The van der Waals surface area contributed by atoms with E-state index in [-0.39, 0.29) is 6.17 Å². The summed E-state index contributed by atoms with van der Waals surface area (Å²) >= 11 is 0. The SMILES string of the molecule is CCCCCC(N)NCc1ccccc1. The number of rotatable bonds is 7. The van der Waals surface area contributed by atoms with Crippen LogP contribution in [0.4, 0.5) is 0 Å². The minimum absolute atomic E-state index is 0.136. The molecule has 0 aliphatic heterocycles. The minimum Gasteiger partial charge on any atom is -0.316 e. The maximum absolute atomic E-state index is 5.95. The first-order chi connectivity index (χ1) is 7.33. The van der Waals surface area contributed by atoms with E-state index in [1.165, 1.54) is 24.8 Å². The van der Waals surface area contributed by atoms with E-state index in [0.717, 1.165) is 13.0 Å². The molecule has 2 heteroatoms. The highest BCUT2D eigenvalue weighted by atomic mass is 15.0. The first kappa shape index (κ1) is 12.2. The summed E-state index contributed by atoms with van der Waals surface area (Å²) in [4.78, 5) is 0. The highest BCUT2D eigenvalue weighted by Crippen LogP contribution is 2.02. The summed E-state index contributed by atoms with van der Waals surface area (Å²) in [6.45, 7) is 3.08. The molecule has 0 amide bonds. The fraction of sp³-hybridized carbons (Fsp3) is 0.538. The van der Waals surface area contributed by atoms with Gasteiger partial charge < -0.3 is 5.73 Å². The second kappa shape index (κ2) is 7.43. The summed E-state index contributed by atoms with van der Waals surface area (Å²) < 4.78 is 0. The predicted molar refractivity (Wildman–Crippen MR) is 65.4 cm³/mol. The molecule has 1 aromatic rings. The second-order valence-electron chi connectivity index (χ2n) is 3.97. The molecule has 0 radical (unpaired) electrons. The zero-order valence-electron chi connectivity index (χ0n) is 9.58. The Balaban J connectivity index is 2.14. The van der Waals surface area contributed by atoms with Gasteiger partial charge in [0, 0.05) is 6.54 Å². The van der Waals surface area contributed by atoms with Gasteiger partial charge in [0.15, 0.2) is 0 Å². The van der Waals surface area contributed by atoms with Crippen LogP contribution in [0.15, 0.2) is 30.3 Å². The van der Waals surface area contributed by atoms with E-state index in [1.807, 2.05) is 6.07 Å². The van der Waals surface area contributed by atoms with Crippen molar-refractivity contribution in [2.24, 2.45) is 5.73 Å². The Bertz CT molecular complexity index is 246. The zero-order valence-corrected chi connectivity index (χ0v) is 9.58. The third-order valence-electron chi connectivity index (χ3n) is 2.53. The molecule has 0 heterocycles. The monoisotopic (exact) mass is 206 g/mol. The van der Waals surface area contributed by atoms with E-state index >= 15 is 0 Å². The maximum Gasteiger partial charge on any atom is 0.0548 e. The lowest BCUT2D eigenvalue weighted by atomic mass is 10.1. The Morgan fingerprint density at radius 2 is 1.93 bits per heavy atom. The quantitative estimate of drug-likeness (QED) is 0.531. The van der Waals surface area contributed by atoms with Crippen molar-refractivity contribution in [1.82, 2.24) is 5.32 Å². The molecule has 0 aromatic heterocycles. The van der Waals surface area contributed by atoms with Gasteiger partial charge in [0.1, 0.15) is 0 Å². The number of hydrogen-bond acceptors (Lipinski definition) is 2. The molecule has 0 bridgehead atoms. The molecule has 84 valence electrons. The highest BCUT2D eigenvalue weighted by molar-refractivity contribution is 5.14. The van der Waals surface area contributed by atoms with E-state index in [4.69, 9.17) is 5.73 Å². The summed E-state index contributed by atoms with van der Waals surface area (Å²) in [5, 5.41) is 3.34. The first-order valence-electron chi connectivity index (χ1n) is 5.86. The molecule has 15 heavy (non-hydrogen) atoms. The average molecular weight is 206 g/mol. The van der Waals surface area contributed by atoms with Crippen molar-refractivity contribution >= 4 is 0 Å². The number of nitrogens with one attached hydrogen (secondary N) is 1. The average Bonchev–Trinajstić information content (AvgIpc) is 2.28. The van der Waals surface area contributed by atoms with Crippen LogP contribution in [0.1, 0.15) is 38.2 Å². The van der Waals surface area contributed by atoms with Crippen LogP contribution in [-0.4, -0.2) is 6.17 Å². The third kappa shape index (κ3) is 5.55. The second-order valence-corrected chi connectivity index (χ2v) is 3.97. The summed E-state index contributed by atoms with van der Waals surface area (Å²) in [5.74, 6) is 0. The van der Waals surface area contributed by atoms with Crippen LogP contribution in [0.2, 0.25) is 0 Å². The fourth-order valence-electron chi connectivity index (χ4n) is 1.56. The Hall–Kier alpha value is -0.860. The van der Waals surface area contributed by atoms with E-state index < -0.39 is 0 Å². The smallest absolute Gasteiger partial charge is 0.0548 e. The Morgan fingerprint density at radius 1 is 1.20 bits per heavy atom. The maximum atomic E-state index is 5.95. The van der Waals surface area contributed by atoms with Crippen LogP contribution in [0.5, 0.6) is 0 Å². The predicted octanol–water partition coefficient (Wildman–Crippen LogP) is 2.64. The van der Waals surface area contributed by atoms with Crippen molar-refractivity contribution in [3.05, 3.63) is 35.9 Å². The first-order valence-corrected chi connectivity index (χ1v) is 5.86. The van der Waals surface area contributed by atoms with Gasteiger partial charge in [-0.3, -0.25) is 5.32 Å². The molecule has 3 N–H and O–H groups in total. The van der Waals surface area contributed by atoms with Gasteiger partial charge in [-0.2, -0.15) is 0 Å². The van der Waals surface area contributed by atoms with Crippen molar-refractivity contribution in [2.45, 2.75) is 45.3 Å². The van der Waals surface area contributed by atoms with Crippen molar-refractivity contribution in [3.63, 3.8) is 0 Å². The van der Waals surface area contributed by atoms with Crippen LogP contribution < -0.4 is 11.1 Å². The molecule has 0 aliphatic rings. The van der Waals surface area contributed by atoms with Gasteiger partial charge in [-0.1, -0.05) is 56.5 Å². The molecule has 1 unspecified atom stereocenters. The van der Waals surface area contributed by atoms with Gasteiger partial charge in [0.05, 0.1) is 6.17 Å². The van der Waals surface area contributed by atoms with Crippen molar-refractivity contribution < 1.29 is 0 Å². The van der Waals surface area contributed by atoms with Crippen LogP contribution in [-0.2, 0) is 6.54 Å². The Morgan fingerprint density at radius 3 is 2.60 bits per heavy atom. The zero-order chi connectivity index (χ0) is 10.9. The van der Waals surface area contributed by atoms with Gasteiger partial charge in [0.25, 0.3) is 0 Å². The van der Waals surface area contributed by atoms with Crippen molar-refractivity contribution in [1.29, 1.82) is 0 Å². The van der Waals surface area contributed by atoms with Gasteiger partial charge in [-0.05, 0) is 12.0 Å². The molecule has 2 nitrogen and oxygen atoms in total. The van der Waals surface area contributed by atoms with Gasteiger partial charge in [-0.15, -0.1) is 0 Å². The van der Waals surface area contributed by atoms with E-state index in [0.29, 0.717) is 0 Å². The van der Waals surface area contributed by atoms with Crippen LogP contribution in [0.3, 0.4) is 0 Å². The molecule has 0 spiro atoms. The van der Waals surface area contributed by atoms with Crippen molar-refractivity contribution in [3.8, 4) is 0 Å². The van der Waals surface area contributed by atoms with Crippen LogP contribution in [0, 0.1) is 0 Å². The van der Waals surface area contributed by atoms with Crippen molar-refractivity contribution in [2.75, 3.05) is 0 Å². The van der Waals surface area contributed by atoms with Gasteiger partial charge in [-0.25, -0.2) is 0 Å². The largest absolute Gasteiger partial charge is 0.316 e. The van der Waals surface area contributed by atoms with E-state index in [9.17, 15) is 0 Å². The summed E-state index contributed by atoms with van der Waals surface area (Å²) in [7, 11) is 0. The van der Waals surface area contributed by atoms with E-state index in [1.54, 1.807) is 0 Å². The molecule has 0 saturated heterocycles. The topological polar surface area (TPSA) is 38.0 Å². The van der Waals surface area contributed by atoms with Crippen LogP contribution >= 0.6 is 0 Å². The summed E-state index contributed by atoms with van der Waals surface area (Å²) in [5.41, 5.74) is 7.25. The molecule has 0 aliphatic carbocycles.